The van der Waals surface area contributed by atoms with Gasteiger partial charge in [0.1, 0.15) is 0 Å². The molecular weight excluding hydrogens is 162 g/mol. The van der Waals surface area contributed by atoms with E-state index in [1.54, 1.807) is 0 Å². The van der Waals surface area contributed by atoms with Crippen molar-refractivity contribution in [2.24, 2.45) is 5.73 Å². The molecule has 3 heteroatoms. The van der Waals surface area contributed by atoms with Crippen molar-refractivity contribution in [3.05, 3.63) is 18.2 Å². The minimum atomic E-state index is 0.298. The van der Waals surface area contributed by atoms with E-state index in [9.17, 15) is 0 Å². The third kappa shape index (κ3) is 1.75. The van der Waals surface area contributed by atoms with Crippen LogP contribution in [0.5, 0.6) is 0 Å². The van der Waals surface area contributed by atoms with Gasteiger partial charge >= 0.3 is 0 Å². The molecule has 13 heavy (non-hydrogen) atoms. The van der Waals surface area contributed by atoms with E-state index in [0.717, 1.165) is 13.0 Å². The Bertz CT molecular complexity index is 277. The van der Waals surface area contributed by atoms with Gasteiger partial charge in [-0.25, -0.2) is 4.98 Å². The van der Waals surface area contributed by atoms with Gasteiger partial charge in [-0.2, -0.15) is 0 Å². The molecule has 2 unspecified atom stereocenters. The smallest absolute Gasteiger partial charge is 0.0948 e. The lowest BCUT2D eigenvalue weighted by Crippen LogP contribution is -2.22. The number of aryl methyl sites for hydroxylation is 1. The van der Waals surface area contributed by atoms with Crippen molar-refractivity contribution in [2.75, 3.05) is 0 Å². The summed E-state index contributed by atoms with van der Waals surface area (Å²) in [5.41, 5.74) is 7.20. The van der Waals surface area contributed by atoms with Gasteiger partial charge in [0.15, 0.2) is 0 Å². The first-order valence-electron chi connectivity index (χ1n) is 5.03. The largest absolute Gasteiger partial charge is 0.334 e. The zero-order chi connectivity index (χ0) is 9.26. The summed E-state index contributed by atoms with van der Waals surface area (Å²) in [4.78, 5) is 4.18. The van der Waals surface area contributed by atoms with Gasteiger partial charge in [-0.3, -0.25) is 0 Å². The van der Waals surface area contributed by atoms with Crippen LogP contribution in [0.3, 0.4) is 0 Å². The molecule has 2 rings (SSSR count). The Balaban J connectivity index is 2.15. The van der Waals surface area contributed by atoms with Crippen molar-refractivity contribution < 1.29 is 0 Å². The van der Waals surface area contributed by atoms with Gasteiger partial charge in [0.2, 0.25) is 0 Å². The fraction of sp³-hybridized carbons (Fsp3) is 0.700. The zero-order valence-corrected chi connectivity index (χ0v) is 8.11. The first-order valence-corrected chi connectivity index (χ1v) is 5.03. The highest BCUT2D eigenvalue weighted by atomic mass is 15.1. The van der Waals surface area contributed by atoms with Crippen molar-refractivity contribution in [2.45, 2.75) is 44.7 Å². The number of nitrogens with zero attached hydrogens (tertiary/aromatic N) is 2. The maximum atomic E-state index is 5.82. The highest BCUT2D eigenvalue weighted by Crippen LogP contribution is 2.29. The molecule has 0 radical (unpaired) electrons. The molecule has 1 aliphatic heterocycles. The summed E-state index contributed by atoms with van der Waals surface area (Å²) < 4.78 is 2.26. The lowest BCUT2D eigenvalue weighted by atomic mass is 9.90. The quantitative estimate of drug-likeness (QED) is 0.747. The summed E-state index contributed by atoms with van der Waals surface area (Å²) in [5.74, 6) is 0.635. The maximum Gasteiger partial charge on any atom is 0.0948 e. The third-order valence-corrected chi connectivity index (χ3v) is 2.77. The SMILES string of the molecule is CC(N)CC1CCCn2cncc21. The molecule has 1 aliphatic rings. The summed E-state index contributed by atoms with van der Waals surface area (Å²) in [6.45, 7) is 3.21. The van der Waals surface area contributed by atoms with E-state index in [1.165, 1.54) is 18.5 Å². The number of aromatic nitrogens is 2. The molecule has 0 saturated carbocycles. The van der Waals surface area contributed by atoms with Crippen LogP contribution in [-0.2, 0) is 6.54 Å². The van der Waals surface area contributed by atoms with Gasteiger partial charge in [0, 0.05) is 30.4 Å². The number of hydrogen-bond acceptors (Lipinski definition) is 2. The number of rotatable bonds is 2. The number of nitrogens with two attached hydrogens (primary N) is 1. The molecule has 0 fully saturated rings. The van der Waals surface area contributed by atoms with Crippen LogP contribution < -0.4 is 5.73 Å². The second-order valence-corrected chi connectivity index (χ2v) is 4.06. The highest BCUT2D eigenvalue weighted by Gasteiger charge is 2.20. The van der Waals surface area contributed by atoms with Crippen LogP contribution in [0.25, 0.3) is 0 Å². The van der Waals surface area contributed by atoms with E-state index in [-0.39, 0.29) is 0 Å². The van der Waals surface area contributed by atoms with Gasteiger partial charge in [-0.15, -0.1) is 0 Å². The number of fused-ring (bicyclic) bond motifs is 1. The molecule has 0 amide bonds. The van der Waals surface area contributed by atoms with E-state index < -0.39 is 0 Å². The normalized spacial score (nSPS) is 24.0. The predicted molar refractivity (Wildman–Crippen MR) is 52.5 cm³/mol. The molecule has 0 spiro atoms. The molecule has 72 valence electrons. The van der Waals surface area contributed by atoms with E-state index in [0.29, 0.717) is 12.0 Å². The lowest BCUT2D eigenvalue weighted by molar-refractivity contribution is 0.416. The fourth-order valence-corrected chi connectivity index (χ4v) is 2.20. The molecule has 0 bridgehead atoms. The topological polar surface area (TPSA) is 43.8 Å². The van der Waals surface area contributed by atoms with E-state index in [1.807, 2.05) is 12.5 Å². The van der Waals surface area contributed by atoms with Gasteiger partial charge in [0.25, 0.3) is 0 Å². The zero-order valence-electron chi connectivity index (χ0n) is 8.11. The predicted octanol–water partition coefficient (Wildman–Crippen LogP) is 1.50. The van der Waals surface area contributed by atoms with Crippen LogP contribution in [0.4, 0.5) is 0 Å². The van der Waals surface area contributed by atoms with Crippen LogP contribution in [0, 0.1) is 0 Å². The third-order valence-electron chi connectivity index (χ3n) is 2.77. The Labute approximate surface area is 79.0 Å². The Morgan fingerprint density at radius 1 is 1.77 bits per heavy atom. The van der Waals surface area contributed by atoms with Gasteiger partial charge in [-0.1, -0.05) is 0 Å². The van der Waals surface area contributed by atoms with Crippen LogP contribution >= 0.6 is 0 Å². The lowest BCUT2D eigenvalue weighted by Gasteiger charge is -2.25. The first kappa shape index (κ1) is 8.75. The second-order valence-electron chi connectivity index (χ2n) is 4.06. The van der Waals surface area contributed by atoms with E-state index >= 15 is 0 Å². The molecule has 3 nitrogen and oxygen atoms in total. The van der Waals surface area contributed by atoms with Crippen molar-refractivity contribution in [1.82, 2.24) is 9.55 Å². The molecule has 2 atom stereocenters. The molecular formula is C10H17N3. The summed E-state index contributed by atoms with van der Waals surface area (Å²) >= 11 is 0. The molecule has 2 N–H and O–H groups in total. The minimum absolute atomic E-state index is 0.298. The molecule has 0 aliphatic carbocycles. The number of imidazole rings is 1. The maximum absolute atomic E-state index is 5.82. The first-order chi connectivity index (χ1) is 6.27. The van der Waals surface area contributed by atoms with Crippen molar-refractivity contribution in [3.8, 4) is 0 Å². The Morgan fingerprint density at radius 2 is 2.62 bits per heavy atom. The minimum Gasteiger partial charge on any atom is -0.334 e. The fourth-order valence-electron chi connectivity index (χ4n) is 2.20. The molecule has 1 aromatic rings. The van der Waals surface area contributed by atoms with Crippen molar-refractivity contribution in [1.29, 1.82) is 0 Å². The molecule has 0 saturated heterocycles. The van der Waals surface area contributed by atoms with Gasteiger partial charge in [0.05, 0.1) is 6.33 Å². The summed E-state index contributed by atoms with van der Waals surface area (Å²) in [6, 6.07) is 0.298. The highest BCUT2D eigenvalue weighted by molar-refractivity contribution is 5.09. The summed E-state index contributed by atoms with van der Waals surface area (Å²) in [6.07, 6.45) is 7.55. The molecule has 1 aromatic heterocycles. The van der Waals surface area contributed by atoms with Gasteiger partial charge in [-0.05, 0) is 26.2 Å². The van der Waals surface area contributed by atoms with Crippen molar-refractivity contribution >= 4 is 0 Å². The molecule has 2 heterocycles. The van der Waals surface area contributed by atoms with Gasteiger partial charge < -0.3 is 10.3 Å². The van der Waals surface area contributed by atoms with Crippen LogP contribution in [-0.4, -0.2) is 15.6 Å². The second kappa shape index (κ2) is 3.50. The van der Waals surface area contributed by atoms with Crippen LogP contribution in [0.2, 0.25) is 0 Å². The van der Waals surface area contributed by atoms with Crippen molar-refractivity contribution in [3.63, 3.8) is 0 Å². The van der Waals surface area contributed by atoms with E-state index in [4.69, 9.17) is 5.73 Å². The average Bonchev–Trinajstić information content (AvgIpc) is 2.51. The average molecular weight is 179 g/mol. The summed E-state index contributed by atoms with van der Waals surface area (Å²) in [5, 5.41) is 0. The van der Waals surface area contributed by atoms with Crippen LogP contribution in [0.1, 0.15) is 37.8 Å². The Morgan fingerprint density at radius 3 is 3.38 bits per heavy atom. The summed E-state index contributed by atoms with van der Waals surface area (Å²) in [7, 11) is 0. The molecule has 0 aromatic carbocycles. The van der Waals surface area contributed by atoms with E-state index in [2.05, 4.69) is 16.5 Å². The Kier molecular flexibility index (Phi) is 2.36. The monoisotopic (exact) mass is 179 g/mol. The standard InChI is InChI=1S/C10H17N3/c1-8(11)5-9-3-2-4-13-7-12-6-10(9)13/h6-9H,2-5,11H2,1H3. The Hall–Kier alpha value is -0.830. The van der Waals surface area contributed by atoms with Crippen LogP contribution in [0.15, 0.2) is 12.5 Å². The number of hydrogen-bond donors (Lipinski definition) is 1.